The molecule has 0 radical (unpaired) electrons. The fourth-order valence-corrected chi connectivity index (χ4v) is 2.44. The summed E-state index contributed by atoms with van der Waals surface area (Å²) in [6, 6.07) is 0. The molecule has 0 saturated carbocycles. The first-order chi connectivity index (χ1) is 7.35. The van der Waals surface area contributed by atoms with Crippen LogP contribution in [0.15, 0.2) is 35.5 Å². The van der Waals surface area contributed by atoms with Crippen molar-refractivity contribution in [2.24, 2.45) is 5.92 Å². The summed E-state index contributed by atoms with van der Waals surface area (Å²) in [7, 11) is 0. The molecule has 1 heteroatoms. The molecular formula is C15H24O. The van der Waals surface area contributed by atoms with Crippen LogP contribution in [0, 0.1) is 5.92 Å². The maximum Gasteiger partial charge on any atom is 0.0802 e. The minimum atomic E-state index is -0.747. The lowest BCUT2D eigenvalue weighted by Crippen LogP contribution is -2.27. The fraction of sp³-hybridized carbons (Fsp3) is 0.600. The van der Waals surface area contributed by atoms with Gasteiger partial charge in [0.25, 0.3) is 0 Å². The molecule has 0 aromatic rings. The molecule has 2 atom stereocenters. The van der Waals surface area contributed by atoms with Crippen LogP contribution in [-0.2, 0) is 0 Å². The normalized spacial score (nSPS) is 24.7. The maximum atomic E-state index is 10.1. The van der Waals surface area contributed by atoms with Crippen LogP contribution >= 0.6 is 0 Å². The zero-order valence-corrected chi connectivity index (χ0v) is 11.0. The zero-order valence-electron chi connectivity index (χ0n) is 11.0. The van der Waals surface area contributed by atoms with Crippen molar-refractivity contribution in [1.82, 2.24) is 0 Å². The Morgan fingerprint density at radius 3 is 2.75 bits per heavy atom. The van der Waals surface area contributed by atoms with Crippen LogP contribution in [0.25, 0.3) is 0 Å². The Morgan fingerprint density at radius 2 is 2.25 bits per heavy atom. The van der Waals surface area contributed by atoms with Crippen molar-refractivity contribution in [1.29, 1.82) is 0 Å². The zero-order chi connectivity index (χ0) is 12.3. The van der Waals surface area contributed by atoms with Gasteiger partial charge in [0.2, 0.25) is 0 Å². The van der Waals surface area contributed by atoms with Crippen LogP contribution in [-0.4, -0.2) is 10.7 Å². The first-order valence-corrected chi connectivity index (χ1v) is 6.03. The van der Waals surface area contributed by atoms with E-state index in [0.29, 0.717) is 5.92 Å². The van der Waals surface area contributed by atoms with Gasteiger partial charge < -0.3 is 5.11 Å². The smallest absolute Gasteiger partial charge is 0.0802 e. The van der Waals surface area contributed by atoms with Crippen molar-refractivity contribution in [3.8, 4) is 0 Å². The molecule has 0 bridgehead atoms. The van der Waals surface area contributed by atoms with Gasteiger partial charge >= 0.3 is 0 Å². The monoisotopic (exact) mass is 220 g/mol. The van der Waals surface area contributed by atoms with Crippen LogP contribution in [0.5, 0.6) is 0 Å². The molecule has 1 rings (SSSR count). The van der Waals surface area contributed by atoms with Crippen molar-refractivity contribution in [2.75, 3.05) is 0 Å². The average molecular weight is 220 g/mol. The minimum absolute atomic E-state index is 0.475. The predicted octanol–water partition coefficient (Wildman–Crippen LogP) is 4.01. The van der Waals surface area contributed by atoms with E-state index in [2.05, 4.69) is 33.4 Å². The molecule has 1 nitrogen and oxygen atoms in total. The van der Waals surface area contributed by atoms with Crippen LogP contribution in [0.2, 0.25) is 0 Å². The molecule has 0 unspecified atom stereocenters. The summed E-state index contributed by atoms with van der Waals surface area (Å²) >= 11 is 0. The highest BCUT2D eigenvalue weighted by Crippen LogP contribution is 2.36. The molecule has 16 heavy (non-hydrogen) atoms. The van der Waals surface area contributed by atoms with E-state index in [1.165, 1.54) is 16.7 Å². The SMILES string of the molecule is C=C[C@@](C)(O)C[C@H]1CC(C)=CCC1=C(C)C. The summed E-state index contributed by atoms with van der Waals surface area (Å²) < 4.78 is 0. The van der Waals surface area contributed by atoms with Gasteiger partial charge in [-0.3, -0.25) is 0 Å². The van der Waals surface area contributed by atoms with E-state index < -0.39 is 5.60 Å². The van der Waals surface area contributed by atoms with E-state index in [1.54, 1.807) is 6.08 Å². The third-order valence-corrected chi connectivity index (χ3v) is 3.47. The van der Waals surface area contributed by atoms with Crippen molar-refractivity contribution >= 4 is 0 Å². The summed E-state index contributed by atoms with van der Waals surface area (Å²) in [4.78, 5) is 0. The summed E-state index contributed by atoms with van der Waals surface area (Å²) in [5.74, 6) is 0.475. The van der Waals surface area contributed by atoms with Crippen molar-refractivity contribution < 1.29 is 5.11 Å². The number of allylic oxidation sites excluding steroid dienone is 4. The quantitative estimate of drug-likeness (QED) is 0.713. The third kappa shape index (κ3) is 3.34. The fourth-order valence-electron chi connectivity index (χ4n) is 2.44. The standard InChI is InChI=1S/C15H24O/c1-6-15(5,16)10-13-9-12(4)7-8-14(13)11(2)3/h6-7,13,16H,1,8-10H2,2-5H3/t13-,15-/m1/s1. The van der Waals surface area contributed by atoms with Crippen molar-refractivity contribution in [3.63, 3.8) is 0 Å². The highest BCUT2D eigenvalue weighted by atomic mass is 16.3. The number of hydrogen-bond donors (Lipinski definition) is 1. The van der Waals surface area contributed by atoms with Gasteiger partial charge in [0.05, 0.1) is 5.60 Å². The Balaban J connectivity index is 2.89. The second-order valence-electron chi connectivity index (χ2n) is 5.45. The first-order valence-electron chi connectivity index (χ1n) is 6.03. The Labute approximate surface area is 99.6 Å². The molecule has 0 heterocycles. The van der Waals surface area contributed by atoms with Crippen LogP contribution in [0.4, 0.5) is 0 Å². The van der Waals surface area contributed by atoms with E-state index in [4.69, 9.17) is 0 Å². The lowest BCUT2D eigenvalue weighted by atomic mass is 9.77. The third-order valence-electron chi connectivity index (χ3n) is 3.47. The Kier molecular flexibility index (Phi) is 4.15. The summed E-state index contributed by atoms with van der Waals surface area (Å²) in [6.45, 7) is 12.1. The summed E-state index contributed by atoms with van der Waals surface area (Å²) in [5.41, 5.74) is 3.58. The van der Waals surface area contributed by atoms with E-state index in [-0.39, 0.29) is 0 Å². The van der Waals surface area contributed by atoms with E-state index in [9.17, 15) is 5.11 Å². The van der Waals surface area contributed by atoms with Gasteiger partial charge in [-0.2, -0.15) is 0 Å². The molecule has 0 fully saturated rings. The van der Waals surface area contributed by atoms with Gasteiger partial charge in [-0.05, 0) is 52.9 Å². The minimum Gasteiger partial charge on any atom is -0.386 e. The van der Waals surface area contributed by atoms with Crippen molar-refractivity contribution in [3.05, 3.63) is 35.5 Å². The van der Waals surface area contributed by atoms with Crippen LogP contribution in [0.3, 0.4) is 0 Å². The molecule has 90 valence electrons. The largest absolute Gasteiger partial charge is 0.386 e. The molecule has 0 aromatic carbocycles. The summed E-state index contributed by atoms with van der Waals surface area (Å²) in [5, 5.41) is 10.1. The molecule has 1 aliphatic rings. The van der Waals surface area contributed by atoms with Crippen LogP contribution in [0.1, 0.15) is 47.0 Å². The number of rotatable bonds is 3. The highest BCUT2D eigenvalue weighted by molar-refractivity contribution is 5.25. The Morgan fingerprint density at radius 1 is 1.62 bits per heavy atom. The first kappa shape index (κ1) is 13.2. The highest BCUT2D eigenvalue weighted by Gasteiger charge is 2.27. The van der Waals surface area contributed by atoms with Gasteiger partial charge in [0.15, 0.2) is 0 Å². The van der Waals surface area contributed by atoms with Gasteiger partial charge in [-0.15, -0.1) is 6.58 Å². The molecule has 1 N–H and O–H groups in total. The average Bonchev–Trinajstić information content (AvgIpc) is 2.16. The number of hydrogen-bond acceptors (Lipinski definition) is 1. The van der Waals surface area contributed by atoms with E-state index >= 15 is 0 Å². The maximum absolute atomic E-state index is 10.1. The molecular weight excluding hydrogens is 196 g/mol. The van der Waals surface area contributed by atoms with Gasteiger partial charge in [-0.25, -0.2) is 0 Å². The molecule has 1 aliphatic carbocycles. The summed E-state index contributed by atoms with van der Waals surface area (Å²) in [6.07, 6.45) is 6.86. The van der Waals surface area contributed by atoms with Gasteiger partial charge in [-0.1, -0.05) is 28.9 Å². The second-order valence-corrected chi connectivity index (χ2v) is 5.45. The van der Waals surface area contributed by atoms with E-state index in [1.807, 2.05) is 6.92 Å². The molecule has 0 aliphatic heterocycles. The molecule has 0 aromatic heterocycles. The van der Waals surface area contributed by atoms with Gasteiger partial charge in [0.1, 0.15) is 0 Å². The Bertz CT molecular complexity index is 327. The number of aliphatic hydroxyl groups is 1. The Hall–Kier alpha value is -0.820. The molecule has 0 saturated heterocycles. The second kappa shape index (κ2) is 5.01. The van der Waals surface area contributed by atoms with Gasteiger partial charge in [0, 0.05) is 0 Å². The lowest BCUT2D eigenvalue weighted by Gasteiger charge is -2.31. The molecule has 0 amide bonds. The molecule has 0 spiro atoms. The lowest BCUT2D eigenvalue weighted by molar-refractivity contribution is 0.0867. The van der Waals surface area contributed by atoms with Crippen molar-refractivity contribution in [2.45, 2.75) is 52.6 Å². The van der Waals surface area contributed by atoms with Crippen LogP contribution < -0.4 is 0 Å². The topological polar surface area (TPSA) is 20.2 Å². The predicted molar refractivity (Wildman–Crippen MR) is 70.3 cm³/mol. The van der Waals surface area contributed by atoms with E-state index in [0.717, 1.165) is 19.3 Å².